The van der Waals surface area contributed by atoms with E-state index in [0.29, 0.717) is 12.6 Å². The van der Waals surface area contributed by atoms with Gasteiger partial charge in [-0.2, -0.15) is 0 Å². The summed E-state index contributed by atoms with van der Waals surface area (Å²) in [7, 11) is 0. The second kappa shape index (κ2) is 6.88. The molecule has 0 radical (unpaired) electrons. The van der Waals surface area contributed by atoms with Gasteiger partial charge < -0.3 is 15.1 Å². The lowest BCUT2D eigenvalue weighted by Crippen LogP contribution is -3.16. The van der Waals surface area contributed by atoms with Crippen molar-refractivity contribution < 1.29 is 9.69 Å². The number of benzene rings is 1. The van der Waals surface area contributed by atoms with Crippen LogP contribution in [0.3, 0.4) is 0 Å². The van der Waals surface area contributed by atoms with Gasteiger partial charge in [0.1, 0.15) is 0 Å². The van der Waals surface area contributed by atoms with Gasteiger partial charge in [0.25, 0.3) is 5.91 Å². The molecule has 1 aromatic carbocycles. The van der Waals surface area contributed by atoms with Gasteiger partial charge in [-0.3, -0.25) is 4.79 Å². The highest BCUT2D eigenvalue weighted by molar-refractivity contribution is 6.30. The third-order valence-electron chi connectivity index (χ3n) is 4.77. The zero-order chi connectivity index (χ0) is 15.5. The van der Waals surface area contributed by atoms with Crippen LogP contribution in [0.4, 0.5) is 5.69 Å². The Labute approximate surface area is 137 Å². The van der Waals surface area contributed by atoms with E-state index in [0.717, 1.165) is 37.1 Å². The zero-order valence-electron chi connectivity index (χ0n) is 13.1. The van der Waals surface area contributed by atoms with Crippen molar-refractivity contribution >= 4 is 23.2 Å². The molecule has 0 spiro atoms. The summed E-state index contributed by atoms with van der Waals surface area (Å²) in [5, 5.41) is 3.93. The maximum Gasteiger partial charge on any atom is 0.275 e. The Morgan fingerprint density at radius 1 is 1.41 bits per heavy atom. The van der Waals surface area contributed by atoms with Crippen LogP contribution < -0.4 is 15.1 Å². The number of rotatable bonds is 5. The SMILES string of the molecule is C[C@H](NC(=O)C[NH+]1CCN(c2cccc(Cl)c2)CC1)C1CC1. The standard InChI is InChI=1S/C17H24ClN3O/c1-13(14-5-6-14)19-17(22)12-20-7-9-21(10-8-20)16-4-2-3-15(18)11-16/h2-4,11,13-14H,5-10,12H2,1H3,(H,19,22)/p+1/t13-/m0/s1. The minimum Gasteiger partial charge on any atom is -0.360 e. The molecular formula is C17H25ClN3O+. The smallest absolute Gasteiger partial charge is 0.275 e. The molecule has 1 aliphatic heterocycles. The first kappa shape index (κ1) is 15.6. The molecule has 1 atom stereocenters. The average Bonchev–Trinajstić information content (AvgIpc) is 3.32. The summed E-state index contributed by atoms with van der Waals surface area (Å²) in [5.41, 5.74) is 1.18. The van der Waals surface area contributed by atoms with Gasteiger partial charge >= 0.3 is 0 Å². The van der Waals surface area contributed by atoms with E-state index in [4.69, 9.17) is 11.6 Å². The normalized spacial score (nSPS) is 20.7. The van der Waals surface area contributed by atoms with Gasteiger partial charge in [-0.15, -0.1) is 0 Å². The van der Waals surface area contributed by atoms with Gasteiger partial charge in [-0.05, 0) is 43.9 Å². The Balaban J connectivity index is 1.44. The van der Waals surface area contributed by atoms with Crippen molar-refractivity contribution in [1.29, 1.82) is 0 Å². The predicted octanol–water partition coefficient (Wildman–Crippen LogP) is 0.960. The van der Waals surface area contributed by atoms with Crippen molar-refractivity contribution in [3.05, 3.63) is 29.3 Å². The van der Waals surface area contributed by atoms with E-state index in [1.165, 1.54) is 23.4 Å². The number of quaternary nitrogens is 1. The molecule has 1 heterocycles. The fraction of sp³-hybridized carbons (Fsp3) is 0.588. The Morgan fingerprint density at radius 3 is 2.77 bits per heavy atom. The number of carbonyl (C=O) groups excluding carboxylic acids is 1. The molecule has 5 heteroatoms. The van der Waals surface area contributed by atoms with Crippen LogP contribution in [-0.2, 0) is 4.79 Å². The molecule has 2 N–H and O–H groups in total. The molecule has 0 unspecified atom stereocenters. The van der Waals surface area contributed by atoms with Gasteiger partial charge in [-0.1, -0.05) is 17.7 Å². The number of nitrogens with one attached hydrogen (secondary N) is 2. The van der Waals surface area contributed by atoms with E-state index >= 15 is 0 Å². The van der Waals surface area contributed by atoms with Crippen LogP contribution in [0.25, 0.3) is 0 Å². The number of carbonyl (C=O) groups is 1. The Hall–Kier alpha value is -1.26. The van der Waals surface area contributed by atoms with E-state index in [-0.39, 0.29) is 5.91 Å². The third kappa shape index (κ3) is 4.14. The number of piperazine rings is 1. The molecule has 0 bridgehead atoms. The summed E-state index contributed by atoms with van der Waals surface area (Å²) in [5.74, 6) is 0.921. The van der Waals surface area contributed by atoms with Crippen molar-refractivity contribution in [3.8, 4) is 0 Å². The zero-order valence-corrected chi connectivity index (χ0v) is 13.9. The molecular weight excluding hydrogens is 298 g/mol. The molecule has 120 valence electrons. The highest BCUT2D eigenvalue weighted by atomic mass is 35.5. The Morgan fingerprint density at radius 2 is 2.14 bits per heavy atom. The van der Waals surface area contributed by atoms with E-state index < -0.39 is 0 Å². The fourth-order valence-corrected chi connectivity index (χ4v) is 3.36. The van der Waals surface area contributed by atoms with Crippen LogP contribution in [0.5, 0.6) is 0 Å². The highest BCUT2D eigenvalue weighted by Gasteiger charge is 2.30. The van der Waals surface area contributed by atoms with E-state index in [1.807, 2.05) is 18.2 Å². The number of nitrogens with zero attached hydrogens (tertiary/aromatic N) is 1. The van der Waals surface area contributed by atoms with E-state index in [1.54, 1.807) is 0 Å². The fourth-order valence-electron chi connectivity index (χ4n) is 3.18. The van der Waals surface area contributed by atoms with Gasteiger partial charge in [-0.25, -0.2) is 0 Å². The summed E-state index contributed by atoms with van der Waals surface area (Å²) < 4.78 is 0. The molecule has 1 saturated heterocycles. The summed E-state index contributed by atoms with van der Waals surface area (Å²) in [6.07, 6.45) is 2.54. The van der Waals surface area contributed by atoms with Crippen LogP contribution in [0.1, 0.15) is 19.8 Å². The number of hydrogen-bond acceptors (Lipinski definition) is 2. The molecule has 4 nitrogen and oxygen atoms in total. The van der Waals surface area contributed by atoms with Crippen LogP contribution in [0.15, 0.2) is 24.3 Å². The third-order valence-corrected chi connectivity index (χ3v) is 5.01. The summed E-state index contributed by atoms with van der Waals surface area (Å²) in [6.45, 7) is 6.67. The van der Waals surface area contributed by atoms with E-state index in [2.05, 4.69) is 23.2 Å². The minimum absolute atomic E-state index is 0.200. The second-order valence-electron chi connectivity index (χ2n) is 6.59. The number of anilines is 1. The van der Waals surface area contributed by atoms with Gasteiger partial charge in [0.15, 0.2) is 6.54 Å². The lowest BCUT2D eigenvalue weighted by molar-refractivity contribution is -0.892. The lowest BCUT2D eigenvalue weighted by atomic mass is 10.2. The summed E-state index contributed by atoms with van der Waals surface area (Å²) in [4.78, 5) is 15.8. The van der Waals surface area contributed by atoms with E-state index in [9.17, 15) is 4.79 Å². The van der Waals surface area contributed by atoms with Gasteiger partial charge in [0, 0.05) is 16.8 Å². The Bertz CT molecular complexity index is 524. The predicted molar refractivity (Wildman–Crippen MR) is 89.6 cm³/mol. The first-order valence-electron chi connectivity index (χ1n) is 8.25. The largest absolute Gasteiger partial charge is 0.360 e. The molecule has 22 heavy (non-hydrogen) atoms. The first-order valence-corrected chi connectivity index (χ1v) is 8.63. The molecule has 1 aliphatic carbocycles. The monoisotopic (exact) mass is 322 g/mol. The lowest BCUT2D eigenvalue weighted by Gasteiger charge is -2.33. The molecule has 1 aromatic rings. The molecule has 0 aromatic heterocycles. The quantitative estimate of drug-likeness (QED) is 0.847. The molecule has 2 fully saturated rings. The maximum absolute atomic E-state index is 12.1. The van der Waals surface area contributed by atoms with Crippen LogP contribution in [0, 0.1) is 5.92 Å². The van der Waals surface area contributed by atoms with Crippen molar-refractivity contribution in [2.45, 2.75) is 25.8 Å². The van der Waals surface area contributed by atoms with Crippen molar-refractivity contribution in [2.75, 3.05) is 37.6 Å². The Kier molecular flexibility index (Phi) is 4.89. The van der Waals surface area contributed by atoms with Crippen molar-refractivity contribution in [3.63, 3.8) is 0 Å². The molecule has 3 rings (SSSR count). The average molecular weight is 323 g/mol. The molecule has 2 aliphatic rings. The highest BCUT2D eigenvalue weighted by Crippen LogP contribution is 2.32. The van der Waals surface area contributed by atoms with Crippen molar-refractivity contribution in [1.82, 2.24) is 5.32 Å². The summed E-state index contributed by atoms with van der Waals surface area (Å²) >= 11 is 6.06. The number of amides is 1. The van der Waals surface area contributed by atoms with Crippen LogP contribution in [0.2, 0.25) is 5.02 Å². The second-order valence-corrected chi connectivity index (χ2v) is 7.02. The number of halogens is 1. The summed E-state index contributed by atoms with van der Waals surface area (Å²) in [6, 6.07) is 8.35. The molecule has 1 amide bonds. The number of hydrogen-bond donors (Lipinski definition) is 2. The topological polar surface area (TPSA) is 36.8 Å². The van der Waals surface area contributed by atoms with Crippen molar-refractivity contribution in [2.24, 2.45) is 5.92 Å². The van der Waals surface area contributed by atoms with Crippen LogP contribution in [-0.4, -0.2) is 44.7 Å². The van der Waals surface area contributed by atoms with Crippen LogP contribution >= 0.6 is 11.6 Å². The first-order chi connectivity index (χ1) is 10.6. The van der Waals surface area contributed by atoms with Gasteiger partial charge in [0.2, 0.25) is 0 Å². The maximum atomic E-state index is 12.1. The minimum atomic E-state index is 0.200. The van der Waals surface area contributed by atoms with Gasteiger partial charge in [0.05, 0.1) is 26.2 Å². The molecule has 1 saturated carbocycles.